The lowest BCUT2D eigenvalue weighted by Gasteiger charge is -2.09. The van der Waals surface area contributed by atoms with Gasteiger partial charge in [0.25, 0.3) is 5.56 Å². The van der Waals surface area contributed by atoms with E-state index in [9.17, 15) is 4.79 Å². The van der Waals surface area contributed by atoms with Crippen molar-refractivity contribution in [3.8, 4) is 22.9 Å². The summed E-state index contributed by atoms with van der Waals surface area (Å²) in [6.45, 7) is 4.02. The normalized spacial score (nSPS) is 11.7. The molecule has 0 aliphatic heterocycles. The number of ether oxygens (including phenoxy) is 2. The molecule has 0 radical (unpaired) electrons. The Kier molecular flexibility index (Phi) is 5.33. The largest absolute Gasteiger partial charge is 0.493 e. The molecule has 0 aliphatic rings. The third kappa shape index (κ3) is 3.87. The van der Waals surface area contributed by atoms with E-state index in [-0.39, 0.29) is 5.56 Å². The van der Waals surface area contributed by atoms with Crippen molar-refractivity contribution in [3.05, 3.63) is 80.6 Å². The van der Waals surface area contributed by atoms with Gasteiger partial charge in [-0.3, -0.25) is 4.79 Å². The van der Waals surface area contributed by atoms with Gasteiger partial charge in [-0.1, -0.05) is 41.7 Å². The highest BCUT2D eigenvalue weighted by Gasteiger charge is 2.12. The lowest BCUT2D eigenvalue weighted by molar-refractivity contribution is 0.326. The van der Waals surface area contributed by atoms with Gasteiger partial charge in [-0.15, -0.1) is 5.10 Å². The van der Waals surface area contributed by atoms with Gasteiger partial charge in [0, 0.05) is 10.6 Å². The van der Waals surface area contributed by atoms with Crippen molar-refractivity contribution >= 4 is 34.0 Å². The number of halogens is 1. The minimum atomic E-state index is -0.219. The smallest absolute Gasteiger partial charge is 0.291 e. The van der Waals surface area contributed by atoms with Gasteiger partial charge in [0.05, 0.1) is 11.6 Å². The summed E-state index contributed by atoms with van der Waals surface area (Å²) in [4.78, 5) is 17.7. The number of benzene rings is 2. The SMILES string of the molecule is C=CCOc1ccc(C=c2sc3nc(-c4ccc(Cl)cc4)nn3c2=O)cc1OC. The Labute approximate surface area is 175 Å². The second-order valence-electron chi connectivity index (χ2n) is 6.06. The summed E-state index contributed by atoms with van der Waals surface area (Å²) < 4.78 is 12.8. The summed E-state index contributed by atoms with van der Waals surface area (Å²) in [7, 11) is 1.57. The average Bonchev–Trinajstić information content (AvgIpc) is 3.27. The topological polar surface area (TPSA) is 65.7 Å². The van der Waals surface area contributed by atoms with E-state index >= 15 is 0 Å². The van der Waals surface area contributed by atoms with Crippen LogP contribution in [0.3, 0.4) is 0 Å². The van der Waals surface area contributed by atoms with Crippen LogP contribution in [0.2, 0.25) is 5.02 Å². The van der Waals surface area contributed by atoms with Gasteiger partial charge in [0.15, 0.2) is 17.3 Å². The van der Waals surface area contributed by atoms with Crippen molar-refractivity contribution in [2.45, 2.75) is 0 Å². The van der Waals surface area contributed by atoms with Gasteiger partial charge >= 0.3 is 0 Å². The standard InChI is InChI=1S/C21H16ClN3O3S/c1-3-10-28-16-9-4-13(11-17(16)27-2)12-18-20(26)25-21(29-18)23-19(24-25)14-5-7-15(22)8-6-14/h3-9,11-12H,1,10H2,2H3. The van der Waals surface area contributed by atoms with Gasteiger partial charge < -0.3 is 9.47 Å². The van der Waals surface area contributed by atoms with Crippen LogP contribution in [-0.2, 0) is 0 Å². The van der Waals surface area contributed by atoms with E-state index in [0.29, 0.717) is 38.4 Å². The van der Waals surface area contributed by atoms with Crippen LogP contribution >= 0.6 is 22.9 Å². The molecular weight excluding hydrogens is 410 g/mol. The maximum atomic E-state index is 12.7. The summed E-state index contributed by atoms with van der Waals surface area (Å²) in [6.07, 6.45) is 3.45. The number of hydrogen-bond acceptors (Lipinski definition) is 6. The highest BCUT2D eigenvalue weighted by atomic mass is 35.5. The van der Waals surface area contributed by atoms with Crippen LogP contribution in [0.4, 0.5) is 0 Å². The quantitative estimate of drug-likeness (QED) is 0.442. The predicted molar refractivity (Wildman–Crippen MR) is 115 cm³/mol. The molecule has 2 heterocycles. The lowest BCUT2D eigenvalue weighted by Crippen LogP contribution is -2.23. The first-order valence-electron chi connectivity index (χ1n) is 8.68. The third-order valence-electron chi connectivity index (χ3n) is 4.13. The maximum absolute atomic E-state index is 12.7. The molecule has 0 aliphatic carbocycles. The fraction of sp³-hybridized carbons (Fsp3) is 0.0952. The lowest BCUT2D eigenvalue weighted by atomic mass is 10.2. The van der Waals surface area contributed by atoms with Crippen LogP contribution in [0.25, 0.3) is 22.4 Å². The van der Waals surface area contributed by atoms with Gasteiger partial charge in [0.2, 0.25) is 4.96 Å². The summed E-state index contributed by atoms with van der Waals surface area (Å²) in [6, 6.07) is 12.6. The minimum Gasteiger partial charge on any atom is -0.493 e. The van der Waals surface area contributed by atoms with Crippen molar-refractivity contribution in [2.24, 2.45) is 0 Å². The van der Waals surface area contributed by atoms with Crippen molar-refractivity contribution in [1.82, 2.24) is 14.6 Å². The zero-order chi connectivity index (χ0) is 20.4. The number of rotatable bonds is 6. The highest BCUT2D eigenvalue weighted by molar-refractivity contribution is 7.15. The molecule has 2 aromatic heterocycles. The Bertz CT molecular complexity index is 1300. The van der Waals surface area contributed by atoms with E-state index in [1.165, 1.54) is 15.9 Å². The number of hydrogen-bond donors (Lipinski definition) is 0. The molecule has 8 heteroatoms. The Balaban J connectivity index is 1.71. The van der Waals surface area contributed by atoms with Gasteiger partial charge in [-0.25, -0.2) is 0 Å². The molecule has 0 unspecified atom stereocenters. The minimum absolute atomic E-state index is 0.219. The maximum Gasteiger partial charge on any atom is 0.291 e. The summed E-state index contributed by atoms with van der Waals surface area (Å²) in [5.41, 5.74) is 1.39. The second kappa shape index (κ2) is 8.06. The van der Waals surface area contributed by atoms with E-state index in [1.54, 1.807) is 37.5 Å². The van der Waals surface area contributed by atoms with Crippen LogP contribution < -0.4 is 19.6 Å². The number of methoxy groups -OCH3 is 1. The van der Waals surface area contributed by atoms with Crippen LogP contribution in [0.1, 0.15) is 5.56 Å². The molecule has 146 valence electrons. The zero-order valence-corrected chi connectivity index (χ0v) is 17.0. The van der Waals surface area contributed by atoms with E-state index < -0.39 is 0 Å². The summed E-state index contributed by atoms with van der Waals surface area (Å²) in [5, 5.41) is 4.97. The molecule has 0 atom stereocenters. The second-order valence-corrected chi connectivity index (χ2v) is 7.51. The number of nitrogens with zero attached hydrogens (tertiary/aromatic N) is 3. The van der Waals surface area contributed by atoms with E-state index in [1.807, 2.05) is 24.3 Å². The van der Waals surface area contributed by atoms with Gasteiger partial charge in [-0.05, 0) is 48.0 Å². The molecule has 0 spiro atoms. The first kappa shape index (κ1) is 19.2. The molecule has 29 heavy (non-hydrogen) atoms. The van der Waals surface area contributed by atoms with Gasteiger partial charge in [-0.2, -0.15) is 9.50 Å². The first-order chi connectivity index (χ1) is 14.1. The first-order valence-corrected chi connectivity index (χ1v) is 9.87. The molecular formula is C21H16ClN3O3S. The number of thiazole rings is 1. The van der Waals surface area contributed by atoms with Crippen LogP contribution in [0.5, 0.6) is 11.5 Å². The average molecular weight is 426 g/mol. The molecule has 0 N–H and O–H groups in total. The summed E-state index contributed by atoms with van der Waals surface area (Å²) in [5.74, 6) is 1.68. The Hall–Kier alpha value is -3.16. The van der Waals surface area contributed by atoms with Crippen LogP contribution in [0.15, 0.2) is 59.9 Å². The molecule has 4 rings (SSSR count). The molecule has 0 saturated carbocycles. The Morgan fingerprint density at radius 1 is 1.21 bits per heavy atom. The molecule has 0 fully saturated rings. The molecule has 0 saturated heterocycles. The molecule has 6 nitrogen and oxygen atoms in total. The molecule has 0 amide bonds. The predicted octanol–water partition coefficient (Wildman–Crippen LogP) is 3.59. The van der Waals surface area contributed by atoms with Crippen molar-refractivity contribution < 1.29 is 9.47 Å². The molecule has 4 aromatic rings. The van der Waals surface area contributed by atoms with E-state index in [4.69, 9.17) is 21.1 Å². The zero-order valence-electron chi connectivity index (χ0n) is 15.5. The molecule has 2 aromatic carbocycles. The van der Waals surface area contributed by atoms with Gasteiger partial charge in [0.1, 0.15) is 6.61 Å². The van der Waals surface area contributed by atoms with E-state index in [0.717, 1.165) is 11.1 Å². The van der Waals surface area contributed by atoms with Crippen molar-refractivity contribution in [1.29, 1.82) is 0 Å². The van der Waals surface area contributed by atoms with E-state index in [2.05, 4.69) is 16.7 Å². The number of aromatic nitrogens is 3. The number of fused-ring (bicyclic) bond motifs is 1. The third-order valence-corrected chi connectivity index (χ3v) is 5.34. The van der Waals surface area contributed by atoms with Crippen molar-refractivity contribution in [3.63, 3.8) is 0 Å². The fourth-order valence-electron chi connectivity index (χ4n) is 2.75. The van der Waals surface area contributed by atoms with Crippen molar-refractivity contribution in [2.75, 3.05) is 13.7 Å². The monoisotopic (exact) mass is 425 g/mol. The fourth-order valence-corrected chi connectivity index (χ4v) is 3.78. The summed E-state index contributed by atoms with van der Waals surface area (Å²) >= 11 is 7.20. The Morgan fingerprint density at radius 3 is 2.69 bits per heavy atom. The Morgan fingerprint density at radius 2 is 2.00 bits per heavy atom. The van der Waals surface area contributed by atoms with Crippen LogP contribution in [-0.4, -0.2) is 28.3 Å². The van der Waals surface area contributed by atoms with Crippen LogP contribution in [0, 0.1) is 0 Å². The molecule has 0 bridgehead atoms. The highest BCUT2D eigenvalue weighted by Crippen LogP contribution is 2.28.